The molecule has 0 saturated heterocycles. The zero-order chi connectivity index (χ0) is 44.6. The summed E-state index contributed by atoms with van der Waals surface area (Å²) in [6.07, 6.45) is 8.38. The molecule has 0 unspecified atom stereocenters. The molecule has 3 heteroatoms. The first-order valence-electron chi connectivity index (χ1n) is 20.2. The fourth-order valence-corrected chi connectivity index (χ4v) is 1.50. The predicted octanol–water partition coefficient (Wildman–Crippen LogP) is 17.9. The molecular weight excluding hydrogens is 643 g/mol. The van der Waals surface area contributed by atoms with Crippen LogP contribution < -0.4 is 0 Å². The molecule has 0 atom stereocenters. The average Bonchev–Trinajstić information content (AvgIpc) is 2.99. The lowest BCUT2D eigenvalue weighted by Gasteiger charge is -2.18. The van der Waals surface area contributed by atoms with Gasteiger partial charge in [-0.3, -0.25) is 4.98 Å². The first-order valence-corrected chi connectivity index (χ1v) is 20.2. The molecule has 3 nitrogen and oxygen atoms in total. The maximum atomic E-state index is 3.78. The van der Waals surface area contributed by atoms with Crippen LogP contribution in [-0.4, -0.2) is 15.0 Å². The van der Waals surface area contributed by atoms with Crippen LogP contribution in [0.3, 0.4) is 0 Å². The monoisotopic (exact) mass is 744 g/mol. The van der Waals surface area contributed by atoms with Crippen LogP contribution in [0.2, 0.25) is 0 Å². The van der Waals surface area contributed by atoms with Crippen molar-refractivity contribution in [2.24, 2.45) is 27.1 Å². The van der Waals surface area contributed by atoms with E-state index in [4.69, 9.17) is 0 Å². The molecule has 0 amide bonds. The average molecular weight is 744 g/mol. The first-order chi connectivity index (χ1) is 23.6. The van der Waals surface area contributed by atoms with Crippen LogP contribution in [0, 0.1) is 27.1 Å². The molecule has 0 radical (unpaired) electrons. The van der Waals surface area contributed by atoms with Crippen molar-refractivity contribution >= 4 is 0 Å². The topological polar surface area (TPSA) is 38.7 Å². The molecule has 53 heavy (non-hydrogen) atoms. The lowest BCUT2D eigenvalue weighted by molar-refractivity contribution is 0.469. The second-order valence-corrected chi connectivity index (χ2v) is 20.5. The molecule has 0 aliphatic rings. The molecule has 0 aliphatic carbocycles. The molecule has 0 spiro atoms. The molecule has 316 valence electrons. The number of aromatic nitrogens is 3. The van der Waals surface area contributed by atoms with Gasteiger partial charge >= 0.3 is 0 Å². The van der Waals surface area contributed by atoms with Gasteiger partial charge in [-0.05, 0) is 56.3 Å². The van der Waals surface area contributed by atoms with E-state index in [0.29, 0.717) is 32.5 Å². The van der Waals surface area contributed by atoms with E-state index < -0.39 is 0 Å². The largest absolute Gasteiger partial charge is 0.265 e. The molecule has 0 fully saturated rings. The van der Waals surface area contributed by atoms with E-state index in [1.807, 2.05) is 59.7 Å². The molecule has 0 bridgehead atoms. The summed E-state index contributed by atoms with van der Waals surface area (Å²) in [5.74, 6) is 0. The molecule has 0 aliphatic heterocycles. The van der Waals surface area contributed by atoms with Crippen LogP contribution in [0.15, 0.2) is 85.7 Å². The molecule has 0 N–H and O–H groups in total. The second kappa shape index (κ2) is 40.6. The van der Waals surface area contributed by atoms with Crippen molar-refractivity contribution in [1.82, 2.24) is 15.0 Å². The van der Waals surface area contributed by atoms with E-state index in [-0.39, 0.29) is 0 Å². The molecule has 3 aromatic rings. The zero-order valence-electron chi connectivity index (χ0n) is 41.9. The Kier molecular flexibility index (Phi) is 52.5. The molecular formula is C50H101N3. The molecule has 1 aromatic carbocycles. The Bertz CT molecular complexity index is 802. The van der Waals surface area contributed by atoms with Crippen molar-refractivity contribution in [2.45, 2.75) is 206 Å². The van der Waals surface area contributed by atoms with Gasteiger partial charge in [-0.25, -0.2) is 9.97 Å². The minimum Gasteiger partial charge on any atom is -0.265 e. The van der Waals surface area contributed by atoms with E-state index in [1.54, 1.807) is 30.9 Å². The third-order valence-corrected chi connectivity index (χ3v) is 2.68. The number of benzene rings is 1. The quantitative estimate of drug-likeness (QED) is 0.230. The van der Waals surface area contributed by atoms with Gasteiger partial charge in [-0.1, -0.05) is 237 Å². The molecule has 2 heterocycles. The van der Waals surface area contributed by atoms with E-state index in [9.17, 15) is 0 Å². The van der Waals surface area contributed by atoms with Gasteiger partial charge in [0.25, 0.3) is 0 Å². The first kappa shape index (κ1) is 68.5. The number of rotatable bonds is 0. The fraction of sp³-hybridized carbons (Fsp3) is 0.700. The van der Waals surface area contributed by atoms with Crippen LogP contribution in [0.4, 0.5) is 0 Å². The Morgan fingerprint density at radius 1 is 0.283 bits per heavy atom. The fourth-order valence-electron chi connectivity index (χ4n) is 1.50. The van der Waals surface area contributed by atoms with Crippen molar-refractivity contribution in [3.63, 3.8) is 0 Å². The Hall–Kier alpha value is -2.55. The highest BCUT2D eigenvalue weighted by Crippen LogP contribution is 2.20. The van der Waals surface area contributed by atoms with Crippen molar-refractivity contribution < 1.29 is 0 Å². The van der Waals surface area contributed by atoms with Crippen LogP contribution in [-0.2, 0) is 5.41 Å². The van der Waals surface area contributed by atoms with Gasteiger partial charge in [0.1, 0.15) is 6.33 Å². The van der Waals surface area contributed by atoms with E-state index >= 15 is 0 Å². The standard InChI is InChI=1S/C10H14.C5H5N.5C5H12.C4H4N2.3C2H6/c1-10(2,3)9-7-5-4-6-8-9;1-2-4-6-5-3-1;5*1-5(2,3)4;1-2-5-4-6-3-1;3*1-2/h4-8H,1-3H3;1-5H;5*1-4H3;1-4H;3*1-2H3. The van der Waals surface area contributed by atoms with Crippen LogP contribution in [0.25, 0.3) is 0 Å². The third-order valence-electron chi connectivity index (χ3n) is 2.68. The lowest BCUT2D eigenvalue weighted by Crippen LogP contribution is -2.10. The van der Waals surface area contributed by atoms with Crippen LogP contribution in [0.1, 0.15) is 206 Å². The van der Waals surface area contributed by atoms with E-state index in [2.05, 4.69) is 205 Å². The summed E-state index contributed by atoms with van der Waals surface area (Å²) in [5.41, 5.74) is 4.19. The minimum atomic E-state index is 0.293. The van der Waals surface area contributed by atoms with Gasteiger partial charge in [-0.15, -0.1) is 0 Å². The minimum absolute atomic E-state index is 0.293. The predicted molar refractivity (Wildman–Crippen MR) is 251 cm³/mol. The molecule has 3 rings (SSSR count). The van der Waals surface area contributed by atoms with E-state index in [1.165, 1.54) is 11.9 Å². The Morgan fingerprint density at radius 3 is 0.585 bits per heavy atom. The Balaban J connectivity index is -0.0000000723. The second-order valence-electron chi connectivity index (χ2n) is 20.5. The van der Waals surface area contributed by atoms with Gasteiger partial charge in [0.2, 0.25) is 0 Å². The van der Waals surface area contributed by atoms with Gasteiger partial charge in [-0.2, -0.15) is 0 Å². The maximum absolute atomic E-state index is 3.78. The lowest BCUT2D eigenvalue weighted by atomic mass is 9.87. The Labute approximate surface area is 338 Å². The van der Waals surface area contributed by atoms with Crippen molar-refractivity contribution in [1.29, 1.82) is 0 Å². The number of nitrogens with zero attached hydrogens (tertiary/aromatic N) is 3. The number of hydrogen-bond acceptors (Lipinski definition) is 3. The summed E-state index contributed by atoms with van der Waals surface area (Å²) < 4.78 is 0. The van der Waals surface area contributed by atoms with Gasteiger partial charge in [0, 0.05) is 24.8 Å². The summed E-state index contributed by atoms with van der Waals surface area (Å²) in [7, 11) is 0. The van der Waals surface area contributed by atoms with Gasteiger partial charge in [0.15, 0.2) is 0 Å². The number of pyridine rings is 1. The Morgan fingerprint density at radius 2 is 0.491 bits per heavy atom. The summed E-state index contributed by atoms with van der Waals surface area (Å²) in [6, 6.07) is 18.0. The SMILES string of the molecule is CC.CC.CC.CC(C)(C)C.CC(C)(C)C.CC(C)(C)C.CC(C)(C)C.CC(C)(C)C.CC(C)(C)c1ccccc1.c1ccncc1.c1cncnc1. The summed E-state index contributed by atoms with van der Waals surface area (Å²) >= 11 is 0. The van der Waals surface area contributed by atoms with Crippen LogP contribution in [0.5, 0.6) is 0 Å². The molecule has 2 aromatic heterocycles. The van der Waals surface area contributed by atoms with Crippen LogP contribution >= 0.6 is 0 Å². The van der Waals surface area contributed by atoms with Crippen molar-refractivity contribution in [3.8, 4) is 0 Å². The number of hydrogen-bond donors (Lipinski definition) is 0. The summed E-state index contributed by atoms with van der Waals surface area (Å²) in [5, 5.41) is 0. The maximum Gasteiger partial charge on any atom is 0.115 e. The highest BCUT2D eigenvalue weighted by molar-refractivity contribution is 5.22. The highest BCUT2D eigenvalue weighted by atomic mass is 14.8. The van der Waals surface area contributed by atoms with Crippen molar-refractivity contribution in [3.05, 3.63) is 91.3 Å². The van der Waals surface area contributed by atoms with Gasteiger partial charge in [0.05, 0.1) is 0 Å². The zero-order valence-corrected chi connectivity index (χ0v) is 41.9. The van der Waals surface area contributed by atoms with Gasteiger partial charge < -0.3 is 0 Å². The normalized spacial score (nSPS) is 9.98. The molecule has 0 saturated carbocycles. The smallest absolute Gasteiger partial charge is 0.115 e. The highest BCUT2D eigenvalue weighted by Gasteiger charge is 2.11. The summed E-state index contributed by atoms with van der Waals surface area (Å²) in [6.45, 7) is 62.4. The van der Waals surface area contributed by atoms with E-state index in [0.717, 1.165) is 0 Å². The summed E-state index contributed by atoms with van der Waals surface area (Å²) in [4.78, 5) is 11.1. The third kappa shape index (κ3) is 202. The van der Waals surface area contributed by atoms with Crippen molar-refractivity contribution in [2.75, 3.05) is 0 Å².